The van der Waals surface area contributed by atoms with Crippen LogP contribution in [-0.2, 0) is 17.9 Å². The van der Waals surface area contributed by atoms with Crippen molar-refractivity contribution in [2.75, 3.05) is 7.05 Å². The number of hydrogen-bond donors (Lipinski definition) is 0. The molecule has 78 valence electrons. The van der Waals surface area contributed by atoms with Crippen molar-refractivity contribution < 1.29 is 4.79 Å². The predicted molar refractivity (Wildman–Crippen MR) is 54.8 cm³/mol. The van der Waals surface area contributed by atoms with Crippen LogP contribution in [0.15, 0.2) is 6.20 Å². The second kappa shape index (κ2) is 4.26. The van der Waals surface area contributed by atoms with Crippen LogP contribution in [0.5, 0.6) is 0 Å². The molecule has 1 aromatic heterocycles. The molecule has 0 fully saturated rings. The highest BCUT2D eigenvalue weighted by atomic mass is 16.2. The normalized spacial score (nSPS) is 10.3. The molecule has 0 spiro atoms. The zero-order valence-electron chi connectivity index (χ0n) is 9.24. The molecule has 1 heterocycles. The summed E-state index contributed by atoms with van der Waals surface area (Å²) in [7, 11) is 1.79. The summed E-state index contributed by atoms with van der Waals surface area (Å²) in [6.07, 6.45) is 2.86. The number of carbonyl (C=O) groups excluding carboxylic acids is 1. The van der Waals surface area contributed by atoms with Gasteiger partial charge in [-0.2, -0.15) is 0 Å². The molecule has 1 rings (SSSR count). The van der Waals surface area contributed by atoms with Gasteiger partial charge in [0.05, 0.1) is 12.4 Å². The average molecular weight is 195 g/mol. The van der Waals surface area contributed by atoms with Gasteiger partial charge in [0.15, 0.2) is 0 Å². The second-order valence-electron chi connectivity index (χ2n) is 3.48. The minimum atomic E-state index is 0.0680. The lowest BCUT2D eigenvalue weighted by atomic mass is 10.4. The minimum Gasteiger partial charge on any atom is -0.328 e. The lowest BCUT2D eigenvalue weighted by Gasteiger charge is -2.16. The summed E-state index contributed by atoms with van der Waals surface area (Å²) < 4.78 is 2.01. The van der Waals surface area contributed by atoms with E-state index in [0.717, 1.165) is 17.9 Å². The number of amides is 1. The maximum atomic E-state index is 11.0. The number of nitrogens with zero attached hydrogens (tertiary/aromatic N) is 3. The smallest absolute Gasteiger partial charge is 0.220 e. The SMILES string of the molecule is CCc1nc(C)cn1CN(C)C(C)=O. The van der Waals surface area contributed by atoms with E-state index < -0.39 is 0 Å². The fourth-order valence-electron chi connectivity index (χ4n) is 1.33. The van der Waals surface area contributed by atoms with Gasteiger partial charge in [0, 0.05) is 26.6 Å². The molecule has 0 saturated carbocycles. The summed E-state index contributed by atoms with van der Waals surface area (Å²) in [5.41, 5.74) is 0.999. The summed E-state index contributed by atoms with van der Waals surface area (Å²) in [4.78, 5) is 17.1. The first kappa shape index (κ1) is 10.8. The van der Waals surface area contributed by atoms with E-state index in [4.69, 9.17) is 0 Å². The molecule has 0 saturated heterocycles. The van der Waals surface area contributed by atoms with Crippen molar-refractivity contribution in [3.8, 4) is 0 Å². The van der Waals surface area contributed by atoms with Crippen LogP contribution in [0.25, 0.3) is 0 Å². The number of imidazole rings is 1. The number of rotatable bonds is 3. The second-order valence-corrected chi connectivity index (χ2v) is 3.48. The molecule has 0 atom stereocenters. The van der Waals surface area contributed by atoms with E-state index in [9.17, 15) is 4.79 Å². The third-order valence-corrected chi connectivity index (χ3v) is 2.20. The van der Waals surface area contributed by atoms with Crippen LogP contribution in [0, 0.1) is 6.92 Å². The molecule has 0 N–H and O–H groups in total. The molecule has 14 heavy (non-hydrogen) atoms. The van der Waals surface area contributed by atoms with Gasteiger partial charge in [0.2, 0.25) is 5.91 Å². The van der Waals surface area contributed by atoms with E-state index in [2.05, 4.69) is 11.9 Å². The number of aromatic nitrogens is 2. The third-order valence-electron chi connectivity index (χ3n) is 2.20. The first-order chi connectivity index (χ1) is 6.54. The monoisotopic (exact) mass is 195 g/mol. The van der Waals surface area contributed by atoms with Gasteiger partial charge in [-0.15, -0.1) is 0 Å². The fourth-order valence-corrected chi connectivity index (χ4v) is 1.33. The summed E-state index contributed by atoms with van der Waals surface area (Å²) in [6, 6.07) is 0. The van der Waals surface area contributed by atoms with Gasteiger partial charge in [-0.3, -0.25) is 4.79 Å². The van der Waals surface area contributed by atoms with E-state index in [1.165, 1.54) is 0 Å². The molecule has 1 aromatic rings. The van der Waals surface area contributed by atoms with E-state index in [1.807, 2.05) is 17.7 Å². The zero-order chi connectivity index (χ0) is 10.7. The maximum Gasteiger partial charge on any atom is 0.220 e. The Morgan fingerprint density at radius 3 is 2.79 bits per heavy atom. The van der Waals surface area contributed by atoms with Gasteiger partial charge in [-0.05, 0) is 6.92 Å². The molecular weight excluding hydrogens is 178 g/mol. The van der Waals surface area contributed by atoms with Gasteiger partial charge in [-0.25, -0.2) is 4.98 Å². The van der Waals surface area contributed by atoms with E-state index >= 15 is 0 Å². The van der Waals surface area contributed by atoms with Gasteiger partial charge < -0.3 is 9.47 Å². The van der Waals surface area contributed by atoms with Crippen LogP contribution in [0.4, 0.5) is 0 Å². The van der Waals surface area contributed by atoms with Gasteiger partial charge in [-0.1, -0.05) is 6.92 Å². The lowest BCUT2D eigenvalue weighted by molar-refractivity contribution is -0.129. The molecule has 0 unspecified atom stereocenters. The molecule has 0 radical (unpaired) electrons. The summed E-state index contributed by atoms with van der Waals surface area (Å²) in [6.45, 7) is 6.17. The van der Waals surface area contributed by atoms with Crippen molar-refractivity contribution in [1.29, 1.82) is 0 Å². The minimum absolute atomic E-state index is 0.0680. The molecule has 0 aromatic carbocycles. The van der Waals surface area contributed by atoms with E-state index in [1.54, 1.807) is 18.9 Å². The van der Waals surface area contributed by atoms with Crippen molar-refractivity contribution in [2.24, 2.45) is 0 Å². The van der Waals surface area contributed by atoms with Gasteiger partial charge in [0.25, 0.3) is 0 Å². The molecule has 0 aliphatic heterocycles. The summed E-state index contributed by atoms with van der Waals surface area (Å²) >= 11 is 0. The Balaban J connectivity index is 2.79. The largest absolute Gasteiger partial charge is 0.328 e. The van der Waals surface area contributed by atoms with Crippen molar-refractivity contribution in [2.45, 2.75) is 33.9 Å². The van der Waals surface area contributed by atoms with E-state index in [0.29, 0.717) is 6.67 Å². The Morgan fingerprint density at radius 1 is 1.64 bits per heavy atom. The molecule has 4 heteroatoms. The summed E-state index contributed by atoms with van der Waals surface area (Å²) in [5.74, 6) is 1.09. The Hall–Kier alpha value is -1.32. The van der Waals surface area contributed by atoms with Crippen LogP contribution in [-0.4, -0.2) is 27.4 Å². The zero-order valence-corrected chi connectivity index (χ0v) is 9.24. The quantitative estimate of drug-likeness (QED) is 0.726. The molecular formula is C10H17N3O. The van der Waals surface area contributed by atoms with Gasteiger partial charge >= 0.3 is 0 Å². The van der Waals surface area contributed by atoms with E-state index in [-0.39, 0.29) is 5.91 Å². The Bertz CT molecular complexity index is 330. The molecule has 0 aliphatic rings. The highest BCUT2D eigenvalue weighted by Gasteiger charge is 2.07. The molecule has 4 nitrogen and oxygen atoms in total. The standard InChI is InChI=1S/C10H17N3O/c1-5-10-11-8(2)6-13(10)7-12(4)9(3)14/h6H,5,7H2,1-4H3. The highest BCUT2D eigenvalue weighted by molar-refractivity contribution is 5.72. The van der Waals surface area contributed by atoms with Crippen molar-refractivity contribution >= 4 is 5.91 Å². The van der Waals surface area contributed by atoms with Crippen molar-refractivity contribution in [3.63, 3.8) is 0 Å². The predicted octanol–water partition coefficient (Wildman–Crippen LogP) is 1.19. The first-order valence-electron chi connectivity index (χ1n) is 4.79. The Kier molecular flexibility index (Phi) is 3.28. The van der Waals surface area contributed by atoms with Gasteiger partial charge in [0.1, 0.15) is 5.82 Å². The highest BCUT2D eigenvalue weighted by Crippen LogP contribution is 2.04. The molecule has 0 aliphatic carbocycles. The van der Waals surface area contributed by atoms with Crippen LogP contribution < -0.4 is 0 Å². The first-order valence-corrected chi connectivity index (χ1v) is 4.79. The van der Waals surface area contributed by atoms with Crippen LogP contribution in [0.2, 0.25) is 0 Å². The topological polar surface area (TPSA) is 38.1 Å². The third kappa shape index (κ3) is 2.34. The maximum absolute atomic E-state index is 11.0. The van der Waals surface area contributed by atoms with Crippen LogP contribution >= 0.6 is 0 Å². The Labute approximate surface area is 84.5 Å². The Morgan fingerprint density at radius 2 is 2.29 bits per heavy atom. The number of hydrogen-bond acceptors (Lipinski definition) is 2. The molecule has 1 amide bonds. The average Bonchev–Trinajstić information content (AvgIpc) is 2.45. The van der Waals surface area contributed by atoms with Crippen LogP contribution in [0.3, 0.4) is 0 Å². The number of carbonyl (C=O) groups is 1. The number of aryl methyl sites for hydroxylation is 2. The summed E-state index contributed by atoms with van der Waals surface area (Å²) in [5, 5.41) is 0. The fraction of sp³-hybridized carbons (Fsp3) is 0.600. The van der Waals surface area contributed by atoms with Crippen molar-refractivity contribution in [3.05, 3.63) is 17.7 Å². The lowest BCUT2D eigenvalue weighted by Crippen LogP contribution is -2.27. The van der Waals surface area contributed by atoms with Crippen LogP contribution in [0.1, 0.15) is 25.4 Å². The molecule has 0 bridgehead atoms. The van der Waals surface area contributed by atoms with Crippen molar-refractivity contribution in [1.82, 2.24) is 14.5 Å².